The molecule has 7 nitrogen and oxygen atoms in total. The van der Waals surface area contributed by atoms with Crippen molar-refractivity contribution in [1.29, 1.82) is 0 Å². The third kappa shape index (κ3) is 5.09. The quantitative estimate of drug-likeness (QED) is 0.428. The fraction of sp³-hybridized carbons (Fsp3) is 0.179. The predicted octanol–water partition coefficient (Wildman–Crippen LogP) is 4.20. The zero-order chi connectivity index (χ0) is 24.8. The van der Waals surface area contributed by atoms with Crippen LogP contribution in [0.15, 0.2) is 91.0 Å². The normalized spacial score (nSPS) is 14.0. The number of benzene rings is 3. The van der Waals surface area contributed by atoms with Gasteiger partial charge in [-0.2, -0.15) is 0 Å². The van der Waals surface area contributed by atoms with Crippen molar-refractivity contribution in [1.82, 2.24) is 10.6 Å². The van der Waals surface area contributed by atoms with Crippen LogP contribution < -0.4 is 10.6 Å². The zero-order valence-electron chi connectivity index (χ0n) is 19.2. The van der Waals surface area contributed by atoms with Gasteiger partial charge >= 0.3 is 12.1 Å². The van der Waals surface area contributed by atoms with Crippen molar-refractivity contribution in [3.63, 3.8) is 0 Å². The molecule has 0 spiro atoms. The van der Waals surface area contributed by atoms with Gasteiger partial charge in [-0.25, -0.2) is 9.59 Å². The van der Waals surface area contributed by atoms with Gasteiger partial charge in [0.25, 0.3) is 0 Å². The van der Waals surface area contributed by atoms with Crippen LogP contribution in [0.25, 0.3) is 11.1 Å². The minimum Gasteiger partial charge on any atom is -0.478 e. The molecular formula is C28H26N2O5. The van der Waals surface area contributed by atoms with Crippen LogP contribution in [0.1, 0.15) is 29.5 Å². The maximum atomic E-state index is 13.1. The monoisotopic (exact) mass is 470 g/mol. The van der Waals surface area contributed by atoms with Crippen molar-refractivity contribution in [3.05, 3.63) is 108 Å². The van der Waals surface area contributed by atoms with Gasteiger partial charge in [-0.15, -0.1) is 0 Å². The molecule has 1 unspecified atom stereocenters. The number of carbonyl (C=O) groups excluding carboxylic acids is 2. The number of carboxylic acids is 1. The van der Waals surface area contributed by atoms with Crippen LogP contribution in [0.3, 0.4) is 0 Å². The maximum Gasteiger partial charge on any atom is 0.408 e. The first-order valence-corrected chi connectivity index (χ1v) is 11.3. The highest BCUT2D eigenvalue weighted by Gasteiger charge is 2.38. The smallest absolute Gasteiger partial charge is 0.408 e. The maximum absolute atomic E-state index is 13.1. The van der Waals surface area contributed by atoms with Gasteiger partial charge in [-0.3, -0.25) is 4.79 Å². The van der Waals surface area contributed by atoms with Crippen LogP contribution in [0, 0.1) is 0 Å². The first-order valence-electron chi connectivity index (χ1n) is 11.3. The van der Waals surface area contributed by atoms with E-state index in [2.05, 4.69) is 22.8 Å². The van der Waals surface area contributed by atoms with Crippen molar-refractivity contribution in [2.45, 2.75) is 18.4 Å². The highest BCUT2D eigenvalue weighted by atomic mass is 16.5. The summed E-state index contributed by atoms with van der Waals surface area (Å²) in [5.74, 6) is -1.71. The minimum absolute atomic E-state index is 0.0000728. The fourth-order valence-electron chi connectivity index (χ4n) is 4.36. The molecule has 0 radical (unpaired) electrons. The van der Waals surface area contributed by atoms with Gasteiger partial charge in [0, 0.05) is 18.5 Å². The summed E-state index contributed by atoms with van der Waals surface area (Å²) in [6, 6.07) is 24.9. The molecule has 0 saturated heterocycles. The second kappa shape index (κ2) is 10.3. The van der Waals surface area contributed by atoms with Crippen LogP contribution >= 0.6 is 0 Å². The summed E-state index contributed by atoms with van der Waals surface area (Å²) in [7, 11) is 0. The molecule has 7 heteroatoms. The number of aliphatic carboxylic acids is 1. The molecule has 3 aromatic carbocycles. The zero-order valence-corrected chi connectivity index (χ0v) is 19.2. The number of ether oxygens (including phenoxy) is 1. The van der Waals surface area contributed by atoms with Gasteiger partial charge in [0.1, 0.15) is 12.1 Å². The van der Waals surface area contributed by atoms with Crippen molar-refractivity contribution in [3.8, 4) is 11.1 Å². The second-order valence-electron chi connectivity index (χ2n) is 8.39. The van der Waals surface area contributed by atoms with Gasteiger partial charge in [0.2, 0.25) is 5.91 Å². The average Bonchev–Trinajstić information content (AvgIpc) is 3.19. The van der Waals surface area contributed by atoms with E-state index in [1.54, 1.807) is 31.2 Å². The number of carbonyl (C=O) groups is 3. The summed E-state index contributed by atoms with van der Waals surface area (Å²) in [5, 5.41) is 14.1. The van der Waals surface area contributed by atoms with Gasteiger partial charge in [0.05, 0.1) is 0 Å². The van der Waals surface area contributed by atoms with E-state index < -0.39 is 23.5 Å². The molecule has 0 aromatic heterocycles. The van der Waals surface area contributed by atoms with Gasteiger partial charge in [-0.05, 0) is 34.7 Å². The standard InChI is InChI=1S/C28H26N2O5/c1-28(19-10-3-2-4-11-19,26(33)29-17-9-16-25(31)32)30-27(34)35-18-24-22-14-7-5-12-20(22)21-13-6-8-15-23(21)24/h2-16,24H,17-18H2,1H3,(H,29,33)(H,30,34)(H,31,32)/b16-9+. The number of nitrogens with one attached hydrogen (secondary N) is 2. The molecule has 3 aromatic rings. The highest BCUT2D eigenvalue weighted by molar-refractivity contribution is 5.91. The summed E-state index contributed by atoms with van der Waals surface area (Å²) < 4.78 is 5.64. The molecule has 1 aliphatic carbocycles. The Labute approximate surface area is 203 Å². The van der Waals surface area contributed by atoms with Crippen LogP contribution in [-0.2, 0) is 19.9 Å². The molecule has 3 N–H and O–H groups in total. The van der Waals surface area contributed by atoms with Gasteiger partial charge < -0.3 is 20.5 Å². The number of carboxylic acid groups (broad SMARTS) is 1. The molecule has 0 aliphatic heterocycles. The average molecular weight is 471 g/mol. The van der Waals surface area contributed by atoms with E-state index in [1.807, 2.05) is 42.5 Å². The molecule has 0 saturated carbocycles. The lowest BCUT2D eigenvalue weighted by Gasteiger charge is -2.30. The van der Waals surface area contributed by atoms with E-state index in [0.29, 0.717) is 5.56 Å². The molecule has 0 fully saturated rings. The van der Waals surface area contributed by atoms with E-state index in [4.69, 9.17) is 9.84 Å². The molecule has 4 rings (SSSR count). The largest absolute Gasteiger partial charge is 0.478 e. The summed E-state index contributed by atoms with van der Waals surface area (Å²) in [6.45, 7) is 1.70. The Kier molecular flexibility index (Phi) is 6.96. The first-order chi connectivity index (χ1) is 16.9. The number of alkyl carbamates (subject to hydrolysis) is 1. The van der Waals surface area contributed by atoms with Crippen molar-refractivity contribution in [2.24, 2.45) is 0 Å². The third-order valence-electron chi connectivity index (χ3n) is 6.14. The number of hydrogen-bond acceptors (Lipinski definition) is 4. The summed E-state index contributed by atoms with van der Waals surface area (Å²) in [4.78, 5) is 36.7. The minimum atomic E-state index is -1.43. The van der Waals surface area contributed by atoms with Crippen LogP contribution in [0.2, 0.25) is 0 Å². The first kappa shape index (κ1) is 23.8. The van der Waals surface area contributed by atoms with Crippen LogP contribution in [-0.4, -0.2) is 36.2 Å². The lowest BCUT2D eigenvalue weighted by molar-refractivity contribution is -0.131. The Morgan fingerprint density at radius 3 is 2.09 bits per heavy atom. The number of fused-ring (bicyclic) bond motifs is 3. The fourth-order valence-corrected chi connectivity index (χ4v) is 4.36. The molecule has 178 valence electrons. The van der Waals surface area contributed by atoms with E-state index in [-0.39, 0.29) is 19.1 Å². The van der Waals surface area contributed by atoms with Crippen LogP contribution in [0.4, 0.5) is 4.79 Å². The summed E-state index contributed by atoms with van der Waals surface area (Å²) in [6.07, 6.45) is 1.53. The lowest BCUT2D eigenvalue weighted by atomic mass is 9.91. The lowest BCUT2D eigenvalue weighted by Crippen LogP contribution is -2.54. The Bertz CT molecular complexity index is 1230. The molecule has 2 amide bonds. The van der Waals surface area contributed by atoms with Gasteiger partial charge in [-0.1, -0.05) is 84.9 Å². The number of amides is 2. The van der Waals surface area contributed by atoms with Crippen molar-refractivity contribution < 1.29 is 24.2 Å². The molecule has 0 bridgehead atoms. The molecule has 1 atom stereocenters. The molecular weight excluding hydrogens is 444 g/mol. The number of hydrogen-bond donors (Lipinski definition) is 3. The Hall–Kier alpha value is -4.39. The van der Waals surface area contributed by atoms with E-state index in [1.165, 1.54) is 6.08 Å². The Morgan fingerprint density at radius 1 is 0.914 bits per heavy atom. The van der Waals surface area contributed by atoms with E-state index in [9.17, 15) is 14.4 Å². The molecule has 1 aliphatic rings. The Balaban J connectivity index is 1.49. The van der Waals surface area contributed by atoms with E-state index >= 15 is 0 Å². The van der Waals surface area contributed by atoms with Crippen molar-refractivity contribution in [2.75, 3.05) is 13.2 Å². The van der Waals surface area contributed by atoms with Crippen molar-refractivity contribution >= 4 is 18.0 Å². The second-order valence-corrected chi connectivity index (χ2v) is 8.39. The van der Waals surface area contributed by atoms with E-state index in [0.717, 1.165) is 28.3 Å². The SMILES string of the molecule is CC(NC(=O)OCC1c2ccccc2-c2ccccc21)(C(=O)NC/C=C/C(=O)O)c1ccccc1. The number of rotatable bonds is 8. The predicted molar refractivity (Wildman–Crippen MR) is 132 cm³/mol. The third-order valence-corrected chi connectivity index (χ3v) is 6.14. The topological polar surface area (TPSA) is 105 Å². The summed E-state index contributed by atoms with van der Waals surface area (Å²) >= 11 is 0. The van der Waals surface area contributed by atoms with Crippen LogP contribution in [0.5, 0.6) is 0 Å². The molecule has 0 heterocycles. The highest BCUT2D eigenvalue weighted by Crippen LogP contribution is 2.44. The Morgan fingerprint density at radius 2 is 1.49 bits per heavy atom. The summed E-state index contributed by atoms with van der Waals surface area (Å²) in [5.41, 5.74) is 3.57. The molecule has 35 heavy (non-hydrogen) atoms. The van der Waals surface area contributed by atoms with Gasteiger partial charge in [0.15, 0.2) is 0 Å².